The third-order valence-corrected chi connectivity index (χ3v) is 3.17. The number of hydrogen-bond donors (Lipinski definition) is 1. The van der Waals surface area contributed by atoms with Gasteiger partial charge in [-0.15, -0.1) is 0 Å². The maximum Gasteiger partial charge on any atom is 0.307 e. The van der Waals surface area contributed by atoms with Crippen LogP contribution in [0, 0.1) is 11.8 Å². The molecular formula is C9H19NO4S. The van der Waals surface area contributed by atoms with Gasteiger partial charge in [0.2, 0.25) is 10.0 Å². The summed E-state index contributed by atoms with van der Waals surface area (Å²) in [7, 11) is -3.32. The van der Waals surface area contributed by atoms with Gasteiger partial charge in [0.15, 0.2) is 0 Å². The van der Waals surface area contributed by atoms with Crippen LogP contribution in [0.4, 0.5) is 0 Å². The van der Waals surface area contributed by atoms with Crippen LogP contribution < -0.4 is 0 Å². The number of sulfonamides is 1. The van der Waals surface area contributed by atoms with E-state index < -0.39 is 21.9 Å². The molecule has 0 aromatic carbocycles. The van der Waals surface area contributed by atoms with E-state index in [0.717, 1.165) is 6.26 Å². The summed E-state index contributed by atoms with van der Waals surface area (Å²) < 4.78 is 23.9. The number of carboxylic acids is 1. The standard InChI is InChI=1S/C9H19NO4S/c1-7(2)5-10(15(4,13)14)6-8(3)9(11)12/h7-8H,5-6H2,1-4H3,(H,11,12). The molecule has 15 heavy (non-hydrogen) atoms. The molecule has 0 fully saturated rings. The molecule has 0 bridgehead atoms. The van der Waals surface area contributed by atoms with Crippen molar-refractivity contribution in [2.24, 2.45) is 11.8 Å². The Morgan fingerprint density at radius 3 is 2.00 bits per heavy atom. The van der Waals surface area contributed by atoms with Crippen LogP contribution in [0.1, 0.15) is 20.8 Å². The van der Waals surface area contributed by atoms with Crippen molar-refractivity contribution in [2.75, 3.05) is 19.3 Å². The summed E-state index contributed by atoms with van der Waals surface area (Å²) in [5.74, 6) is -1.48. The fourth-order valence-corrected chi connectivity index (χ4v) is 2.20. The van der Waals surface area contributed by atoms with Crippen molar-refractivity contribution >= 4 is 16.0 Å². The van der Waals surface area contributed by atoms with Crippen molar-refractivity contribution in [3.8, 4) is 0 Å². The molecule has 0 saturated heterocycles. The fourth-order valence-electron chi connectivity index (χ4n) is 1.14. The van der Waals surface area contributed by atoms with Crippen LogP contribution in [-0.2, 0) is 14.8 Å². The molecule has 1 atom stereocenters. The highest BCUT2D eigenvalue weighted by atomic mass is 32.2. The van der Waals surface area contributed by atoms with Crippen molar-refractivity contribution < 1.29 is 18.3 Å². The lowest BCUT2D eigenvalue weighted by molar-refractivity contribution is -0.141. The predicted molar refractivity (Wildman–Crippen MR) is 58.1 cm³/mol. The first kappa shape index (κ1) is 14.4. The van der Waals surface area contributed by atoms with E-state index in [9.17, 15) is 13.2 Å². The molecule has 0 aliphatic heterocycles. The van der Waals surface area contributed by atoms with Crippen LogP contribution in [0.2, 0.25) is 0 Å². The highest BCUT2D eigenvalue weighted by Crippen LogP contribution is 2.08. The minimum absolute atomic E-state index is 0.0341. The van der Waals surface area contributed by atoms with Crippen molar-refractivity contribution in [1.82, 2.24) is 4.31 Å². The fraction of sp³-hybridized carbons (Fsp3) is 0.889. The van der Waals surface area contributed by atoms with Crippen molar-refractivity contribution in [1.29, 1.82) is 0 Å². The Hall–Kier alpha value is -0.620. The Labute approximate surface area is 91.1 Å². The van der Waals surface area contributed by atoms with Gasteiger partial charge in [0.05, 0.1) is 12.2 Å². The summed E-state index contributed by atoms with van der Waals surface area (Å²) in [6.07, 6.45) is 1.10. The zero-order valence-corrected chi connectivity index (χ0v) is 10.4. The molecule has 0 heterocycles. The van der Waals surface area contributed by atoms with E-state index in [1.165, 1.54) is 11.2 Å². The number of nitrogens with zero attached hydrogens (tertiary/aromatic N) is 1. The number of carboxylic acid groups (broad SMARTS) is 1. The highest BCUT2D eigenvalue weighted by Gasteiger charge is 2.23. The lowest BCUT2D eigenvalue weighted by atomic mass is 10.1. The molecule has 0 aromatic rings. The number of hydrogen-bond acceptors (Lipinski definition) is 3. The minimum atomic E-state index is -3.32. The van der Waals surface area contributed by atoms with Crippen molar-refractivity contribution in [2.45, 2.75) is 20.8 Å². The summed E-state index contributed by atoms with van der Waals surface area (Å²) in [5, 5.41) is 8.71. The van der Waals surface area contributed by atoms with Crippen LogP contribution in [0.5, 0.6) is 0 Å². The van der Waals surface area contributed by atoms with Gasteiger partial charge in [0, 0.05) is 13.1 Å². The highest BCUT2D eigenvalue weighted by molar-refractivity contribution is 7.88. The maximum absolute atomic E-state index is 11.4. The van der Waals surface area contributed by atoms with Gasteiger partial charge in [-0.1, -0.05) is 20.8 Å². The first-order chi connectivity index (χ1) is 6.64. The summed E-state index contributed by atoms with van der Waals surface area (Å²) in [5.41, 5.74) is 0. The van der Waals surface area contributed by atoms with Crippen LogP contribution in [0.3, 0.4) is 0 Å². The summed E-state index contributed by atoms with van der Waals surface area (Å²) >= 11 is 0. The molecule has 90 valence electrons. The SMILES string of the molecule is CC(C)CN(CC(C)C(=O)O)S(C)(=O)=O. The molecule has 0 rings (SSSR count). The van der Waals surface area contributed by atoms with Crippen molar-refractivity contribution in [3.63, 3.8) is 0 Å². The number of carbonyl (C=O) groups is 1. The van der Waals surface area contributed by atoms with E-state index in [-0.39, 0.29) is 12.5 Å². The Morgan fingerprint density at radius 1 is 1.27 bits per heavy atom. The predicted octanol–water partition coefficient (Wildman–Crippen LogP) is 0.625. The molecular weight excluding hydrogens is 218 g/mol. The molecule has 5 nitrogen and oxygen atoms in total. The van der Waals surface area contributed by atoms with Crippen molar-refractivity contribution in [3.05, 3.63) is 0 Å². The molecule has 0 radical (unpaired) electrons. The molecule has 1 unspecified atom stereocenters. The van der Waals surface area contributed by atoms with E-state index in [1.807, 2.05) is 13.8 Å². The Bertz CT molecular complexity index is 310. The minimum Gasteiger partial charge on any atom is -0.481 e. The lowest BCUT2D eigenvalue weighted by Crippen LogP contribution is -2.38. The van der Waals surface area contributed by atoms with Crippen LogP contribution in [0.15, 0.2) is 0 Å². The molecule has 0 aromatic heterocycles. The van der Waals surface area contributed by atoms with Gasteiger partial charge >= 0.3 is 5.97 Å². The van der Waals surface area contributed by atoms with Gasteiger partial charge in [-0.3, -0.25) is 4.79 Å². The smallest absolute Gasteiger partial charge is 0.307 e. The van der Waals surface area contributed by atoms with E-state index in [1.54, 1.807) is 0 Å². The van der Waals surface area contributed by atoms with Crippen LogP contribution in [0.25, 0.3) is 0 Å². The van der Waals surface area contributed by atoms with Crippen LogP contribution >= 0.6 is 0 Å². The normalized spacial score (nSPS) is 14.5. The summed E-state index contributed by atoms with van der Waals surface area (Å²) in [4.78, 5) is 10.6. The van der Waals surface area contributed by atoms with E-state index in [4.69, 9.17) is 5.11 Å². The monoisotopic (exact) mass is 237 g/mol. The third-order valence-electron chi connectivity index (χ3n) is 1.94. The molecule has 0 aliphatic rings. The van der Waals surface area contributed by atoms with E-state index >= 15 is 0 Å². The summed E-state index contributed by atoms with van der Waals surface area (Å²) in [6.45, 7) is 5.68. The Balaban J connectivity index is 4.60. The van der Waals surface area contributed by atoms with E-state index in [0.29, 0.717) is 6.54 Å². The maximum atomic E-state index is 11.4. The zero-order chi connectivity index (χ0) is 12.2. The van der Waals surface area contributed by atoms with Gasteiger partial charge in [-0.05, 0) is 5.92 Å². The first-order valence-electron chi connectivity index (χ1n) is 4.82. The second kappa shape index (κ2) is 5.46. The molecule has 0 spiro atoms. The van der Waals surface area contributed by atoms with Gasteiger partial charge in [-0.25, -0.2) is 12.7 Å². The Morgan fingerprint density at radius 2 is 1.73 bits per heavy atom. The lowest BCUT2D eigenvalue weighted by Gasteiger charge is -2.23. The van der Waals surface area contributed by atoms with Gasteiger partial charge in [0.1, 0.15) is 0 Å². The largest absolute Gasteiger partial charge is 0.481 e. The third kappa shape index (κ3) is 5.74. The van der Waals surface area contributed by atoms with E-state index in [2.05, 4.69) is 0 Å². The zero-order valence-electron chi connectivity index (χ0n) is 9.60. The Kier molecular flexibility index (Phi) is 5.23. The van der Waals surface area contributed by atoms with Crippen LogP contribution in [-0.4, -0.2) is 43.1 Å². The average Bonchev–Trinajstić information content (AvgIpc) is 2.00. The molecule has 1 N–H and O–H groups in total. The molecule has 0 saturated carbocycles. The van der Waals surface area contributed by atoms with Gasteiger partial charge in [-0.2, -0.15) is 0 Å². The topological polar surface area (TPSA) is 74.7 Å². The second-order valence-corrected chi connectivity index (χ2v) is 6.20. The molecule has 0 amide bonds. The van der Waals surface area contributed by atoms with Gasteiger partial charge in [0.25, 0.3) is 0 Å². The quantitative estimate of drug-likeness (QED) is 0.735. The number of aliphatic carboxylic acids is 1. The molecule has 0 aliphatic carbocycles. The second-order valence-electron chi connectivity index (χ2n) is 4.21. The first-order valence-corrected chi connectivity index (χ1v) is 6.67. The number of rotatable bonds is 6. The summed E-state index contributed by atoms with van der Waals surface area (Å²) in [6, 6.07) is 0. The average molecular weight is 237 g/mol. The van der Waals surface area contributed by atoms with Gasteiger partial charge < -0.3 is 5.11 Å². The molecule has 6 heteroatoms.